The zero-order chi connectivity index (χ0) is 12.5. The quantitative estimate of drug-likeness (QED) is 0.490. The second-order valence-corrected chi connectivity index (χ2v) is 4.64. The van der Waals surface area contributed by atoms with Gasteiger partial charge in [0.1, 0.15) is 11.6 Å². The van der Waals surface area contributed by atoms with Crippen molar-refractivity contribution in [2.75, 3.05) is 35.8 Å². The Bertz CT molecular complexity index is 408. The Morgan fingerprint density at radius 3 is 2.88 bits per heavy atom. The van der Waals surface area contributed by atoms with E-state index in [2.05, 4.69) is 20.3 Å². The molecule has 1 aliphatic rings. The van der Waals surface area contributed by atoms with Crippen molar-refractivity contribution in [2.24, 2.45) is 5.84 Å². The first kappa shape index (κ1) is 11.9. The van der Waals surface area contributed by atoms with Crippen molar-refractivity contribution in [2.45, 2.75) is 19.4 Å². The topological polar surface area (TPSA) is 102 Å². The number of nitrogens with two attached hydrogens (primary N) is 2. The molecule has 0 radical (unpaired) electrons. The zero-order valence-electron chi connectivity index (χ0n) is 10.1. The van der Waals surface area contributed by atoms with Gasteiger partial charge in [-0.1, -0.05) is 0 Å². The summed E-state index contributed by atoms with van der Waals surface area (Å²) in [4.78, 5) is 10.3. The van der Waals surface area contributed by atoms with Crippen LogP contribution in [-0.4, -0.2) is 35.3 Å². The Labute approximate surface area is 100 Å². The Morgan fingerprint density at radius 2 is 2.24 bits per heavy atom. The molecule has 2 heterocycles. The van der Waals surface area contributed by atoms with Gasteiger partial charge < -0.3 is 20.8 Å². The lowest BCUT2D eigenvalue weighted by Crippen LogP contribution is -2.48. The van der Waals surface area contributed by atoms with Crippen molar-refractivity contribution in [1.29, 1.82) is 0 Å². The number of rotatable bonds is 2. The van der Waals surface area contributed by atoms with Crippen LogP contribution < -0.4 is 21.9 Å². The first-order valence-electron chi connectivity index (χ1n) is 5.50. The number of aromatic nitrogens is 2. The van der Waals surface area contributed by atoms with Gasteiger partial charge in [0.25, 0.3) is 0 Å². The first-order valence-corrected chi connectivity index (χ1v) is 5.50. The average Bonchev–Trinajstić information content (AvgIpc) is 2.27. The number of nitrogen functional groups attached to an aromatic ring is 2. The van der Waals surface area contributed by atoms with Gasteiger partial charge in [-0.25, -0.2) is 5.84 Å². The van der Waals surface area contributed by atoms with E-state index < -0.39 is 0 Å². The van der Waals surface area contributed by atoms with E-state index in [4.69, 9.17) is 16.3 Å². The van der Waals surface area contributed by atoms with Crippen LogP contribution in [-0.2, 0) is 4.74 Å². The van der Waals surface area contributed by atoms with Crippen LogP contribution in [0.2, 0.25) is 0 Å². The van der Waals surface area contributed by atoms with E-state index in [-0.39, 0.29) is 11.5 Å². The molecule has 0 aromatic carbocycles. The fourth-order valence-corrected chi connectivity index (χ4v) is 1.90. The van der Waals surface area contributed by atoms with Crippen LogP contribution in [0.3, 0.4) is 0 Å². The third kappa shape index (κ3) is 2.75. The summed E-state index contributed by atoms with van der Waals surface area (Å²) < 4.78 is 5.65. The Hall–Kier alpha value is -1.60. The van der Waals surface area contributed by atoms with Gasteiger partial charge in [-0.3, -0.25) is 0 Å². The fraction of sp³-hybridized carbons (Fsp3) is 0.600. The number of nitrogens with zero attached hydrogens (tertiary/aromatic N) is 3. The molecule has 0 saturated carbocycles. The number of anilines is 3. The van der Waals surface area contributed by atoms with Crippen LogP contribution in [0.15, 0.2) is 6.07 Å². The second-order valence-electron chi connectivity index (χ2n) is 4.64. The van der Waals surface area contributed by atoms with Crippen LogP contribution in [0.25, 0.3) is 0 Å². The molecule has 1 aromatic rings. The lowest BCUT2D eigenvalue weighted by molar-refractivity contribution is -0.0279. The molecule has 0 amide bonds. The Balaban J connectivity index is 2.24. The lowest BCUT2D eigenvalue weighted by atomic mass is 10.1. The standard InChI is InChI=1S/C10H18N6O/c1-10(2)6-16(3-4-17-10)8-5-7(15-12)13-9(11)14-8/h5H,3-4,6,12H2,1-2H3,(H3,11,13,14,15). The van der Waals surface area contributed by atoms with Crippen molar-refractivity contribution >= 4 is 17.6 Å². The number of morpholine rings is 1. The molecule has 2 rings (SSSR count). The molecular formula is C10H18N6O. The van der Waals surface area contributed by atoms with Crippen LogP contribution >= 0.6 is 0 Å². The summed E-state index contributed by atoms with van der Waals surface area (Å²) in [6, 6.07) is 1.78. The summed E-state index contributed by atoms with van der Waals surface area (Å²) in [6.45, 7) is 6.30. The van der Waals surface area contributed by atoms with Gasteiger partial charge in [-0.15, -0.1) is 0 Å². The van der Waals surface area contributed by atoms with Gasteiger partial charge in [0.15, 0.2) is 0 Å². The maximum Gasteiger partial charge on any atom is 0.223 e. The number of hydrogen-bond donors (Lipinski definition) is 3. The highest BCUT2D eigenvalue weighted by Gasteiger charge is 2.28. The molecule has 1 fully saturated rings. The SMILES string of the molecule is CC1(C)CN(c2cc(NN)nc(N)n2)CCO1. The van der Waals surface area contributed by atoms with E-state index in [1.165, 1.54) is 0 Å². The van der Waals surface area contributed by atoms with Crippen LogP contribution in [0, 0.1) is 0 Å². The number of ether oxygens (including phenoxy) is 1. The summed E-state index contributed by atoms with van der Waals surface area (Å²) in [5.41, 5.74) is 7.93. The predicted molar refractivity (Wildman–Crippen MR) is 66.5 cm³/mol. The highest BCUT2D eigenvalue weighted by atomic mass is 16.5. The van der Waals surface area contributed by atoms with E-state index in [1.54, 1.807) is 6.07 Å². The van der Waals surface area contributed by atoms with Crippen molar-refractivity contribution in [3.05, 3.63) is 6.07 Å². The summed E-state index contributed by atoms with van der Waals surface area (Å²) in [5, 5.41) is 0. The molecule has 1 saturated heterocycles. The molecule has 94 valence electrons. The highest BCUT2D eigenvalue weighted by molar-refractivity contribution is 5.52. The molecule has 5 N–H and O–H groups in total. The summed E-state index contributed by atoms with van der Waals surface area (Å²) >= 11 is 0. The van der Waals surface area contributed by atoms with E-state index >= 15 is 0 Å². The zero-order valence-corrected chi connectivity index (χ0v) is 10.1. The van der Waals surface area contributed by atoms with Crippen LogP contribution in [0.4, 0.5) is 17.6 Å². The van der Waals surface area contributed by atoms with Crippen molar-refractivity contribution < 1.29 is 4.74 Å². The molecular weight excluding hydrogens is 220 g/mol. The van der Waals surface area contributed by atoms with Gasteiger partial charge in [0.2, 0.25) is 5.95 Å². The largest absolute Gasteiger partial charge is 0.372 e. The van der Waals surface area contributed by atoms with Crippen LogP contribution in [0.1, 0.15) is 13.8 Å². The van der Waals surface area contributed by atoms with Gasteiger partial charge >= 0.3 is 0 Å². The van der Waals surface area contributed by atoms with Crippen molar-refractivity contribution in [3.8, 4) is 0 Å². The molecule has 1 aromatic heterocycles. The maximum absolute atomic E-state index is 5.65. The highest BCUT2D eigenvalue weighted by Crippen LogP contribution is 2.23. The molecule has 0 aliphatic carbocycles. The average molecular weight is 238 g/mol. The number of hydrogen-bond acceptors (Lipinski definition) is 7. The van der Waals surface area contributed by atoms with E-state index in [0.717, 1.165) is 18.9 Å². The number of nitrogens with one attached hydrogen (secondary N) is 1. The Morgan fingerprint density at radius 1 is 1.47 bits per heavy atom. The molecule has 0 atom stereocenters. The van der Waals surface area contributed by atoms with Gasteiger partial charge in [0.05, 0.1) is 12.2 Å². The smallest absolute Gasteiger partial charge is 0.223 e. The normalized spacial score (nSPS) is 19.1. The summed E-state index contributed by atoms with van der Waals surface area (Å²) in [6.07, 6.45) is 0. The number of hydrazine groups is 1. The van der Waals surface area contributed by atoms with Gasteiger partial charge in [-0.05, 0) is 13.8 Å². The second kappa shape index (κ2) is 4.34. The molecule has 0 bridgehead atoms. The molecule has 1 aliphatic heterocycles. The van der Waals surface area contributed by atoms with E-state index in [0.29, 0.717) is 12.4 Å². The van der Waals surface area contributed by atoms with Gasteiger partial charge in [0, 0.05) is 19.2 Å². The molecule has 0 unspecified atom stereocenters. The molecule has 0 spiro atoms. The van der Waals surface area contributed by atoms with Crippen molar-refractivity contribution in [1.82, 2.24) is 9.97 Å². The minimum Gasteiger partial charge on any atom is -0.372 e. The summed E-state index contributed by atoms with van der Waals surface area (Å²) in [7, 11) is 0. The molecule has 17 heavy (non-hydrogen) atoms. The van der Waals surface area contributed by atoms with Crippen molar-refractivity contribution in [3.63, 3.8) is 0 Å². The monoisotopic (exact) mass is 238 g/mol. The molecule has 7 heteroatoms. The maximum atomic E-state index is 5.65. The van der Waals surface area contributed by atoms with Crippen LogP contribution in [0.5, 0.6) is 0 Å². The third-order valence-electron chi connectivity index (χ3n) is 2.63. The fourth-order valence-electron chi connectivity index (χ4n) is 1.90. The van der Waals surface area contributed by atoms with Gasteiger partial charge in [-0.2, -0.15) is 9.97 Å². The minimum absolute atomic E-state index is 0.186. The Kier molecular flexibility index (Phi) is 3.03. The third-order valence-corrected chi connectivity index (χ3v) is 2.63. The lowest BCUT2D eigenvalue weighted by Gasteiger charge is -2.38. The van der Waals surface area contributed by atoms with E-state index in [1.807, 2.05) is 13.8 Å². The summed E-state index contributed by atoms with van der Waals surface area (Å²) in [5.74, 6) is 6.82. The first-order chi connectivity index (χ1) is 8.00. The predicted octanol–water partition coefficient (Wildman–Crippen LogP) is -0.0404. The molecule has 7 nitrogen and oxygen atoms in total. The minimum atomic E-state index is -0.186. The van der Waals surface area contributed by atoms with E-state index in [9.17, 15) is 0 Å².